The zero-order valence-corrected chi connectivity index (χ0v) is 12.2. The smallest absolute Gasteiger partial charge is 0.183 e. The van der Waals surface area contributed by atoms with Crippen LogP contribution in [0.2, 0.25) is 0 Å². The van der Waals surface area contributed by atoms with E-state index in [1.54, 1.807) is 0 Å². The predicted octanol–water partition coefficient (Wildman–Crippen LogP) is 3.26. The first kappa shape index (κ1) is 12.7. The number of hydrogen-bond acceptors (Lipinski definition) is 2. The summed E-state index contributed by atoms with van der Waals surface area (Å²) >= 11 is 3.70. The third-order valence-electron chi connectivity index (χ3n) is 2.76. The highest BCUT2D eigenvalue weighted by Crippen LogP contribution is 2.21. The first-order valence-electron chi connectivity index (χ1n) is 6.31. The molecule has 2 aromatic heterocycles. The van der Waals surface area contributed by atoms with Crippen LogP contribution >= 0.6 is 22.7 Å². The molecular weight excluding hydrogens is 248 g/mol. The molecule has 0 fully saturated rings. The highest BCUT2D eigenvalue weighted by Gasteiger charge is 2.25. The van der Waals surface area contributed by atoms with Gasteiger partial charge in [-0.05, 0) is 0 Å². The number of aryl methyl sites for hydroxylation is 2. The van der Waals surface area contributed by atoms with Gasteiger partial charge in [0.15, 0.2) is 12.4 Å². The highest BCUT2D eigenvalue weighted by molar-refractivity contribution is 7.19. The molecule has 0 bridgehead atoms. The Bertz CT molecular complexity index is 459. The molecule has 0 aliphatic carbocycles. The second kappa shape index (κ2) is 6.26. The van der Waals surface area contributed by atoms with Crippen molar-refractivity contribution in [3.63, 3.8) is 0 Å². The van der Waals surface area contributed by atoms with Gasteiger partial charge in [0, 0.05) is 12.8 Å². The van der Waals surface area contributed by atoms with Crippen LogP contribution in [0.1, 0.15) is 33.1 Å². The van der Waals surface area contributed by atoms with Gasteiger partial charge in [-0.1, -0.05) is 42.9 Å². The van der Waals surface area contributed by atoms with E-state index >= 15 is 0 Å². The topological polar surface area (TPSA) is 7.76 Å². The van der Waals surface area contributed by atoms with Crippen molar-refractivity contribution in [3.05, 3.63) is 23.2 Å². The third kappa shape index (κ3) is 2.93. The molecule has 0 aliphatic rings. The number of rotatable bonds is 6. The fraction of sp³-hybridized carbons (Fsp3) is 0.538. The molecule has 17 heavy (non-hydrogen) atoms. The van der Waals surface area contributed by atoms with Gasteiger partial charge < -0.3 is 0 Å². The molecule has 92 valence electrons. The van der Waals surface area contributed by atoms with Crippen LogP contribution in [0.25, 0.3) is 10.0 Å². The summed E-state index contributed by atoms with van der Waals surface area (Å²) in [5, 5.41) is 7.19. The van der Waals surface area contributed by atoms with Crippen molar-refractivity contribution >= 4 is 22.7 Å². The summed E-state index contributed by atoms with van der Waals surface area (Å²) < 4.78 is 4.77. The number of hydrogen-bond donors (Lipinski definition) is 0. The fourth-order valence-electron chi connectivity index (χ4n) is 1.88. The molecule has 0 spiro atoms. The van der Waals surface area contributed by atoms with Gasteiger partial charge in [0.25, 0.3) is 0 Å². The standard InChI is InChI=1S/C13H20N2S2/c1-3-5-7-15-9-11-17-13(15)12-14(6-4-2)8-10-16-12/h8-11H,3-7H2,1-2H3/q+2. The van der Waals surface area contributed by atoms with Crippen LogP contribution in [-0.4, -0.2) is 0 Å². The minimum absolute atomic E-state index is 1.12. The molecule has 4 heteroatoms. The molecule has 0 unspecified atom stereocenters. The van der Waals surface area contributed by atoms with E-state index < -0.39 is 0 Å². The molecule has 0 aliphatic heterocycles. The molecule has 2 heterocycles. The van der Waals surface area contributed by atoms with Gasteiger partial charge in [-0.15, -0.1) is 0 Å². The largest absolute Gasteiger partial charge is 0.345 e. The zero-order valence-electron chi connectivity index (χ0n) is 10.6. The van der Waals surface area contributed by atoms with Gasteiger partial charge in [0.1, 0.15) is 13.1 Å². The van der Waals surface area contributed by atoms with E-state index in [1.165, 1.54) is 29.3 Å². The number of unbranched alkanes of at least 4 members (excludes halogenated alkanes) is 1. The van der Waals surface area contributed by atoms with Crippen molar-refractivity contribution in [2.75, 3.05) is 0 Å². The first-order valence-corrected chi connectivity index (χ1v) is 8.07. The van der Waals surface area contributed by atoms with Gasteiger partial charge >= 0.3 is 10.0 Å². The molecule has 2 rings (SSSR count). The summed E-state index contributed by atoms with van der Waals surface area (Å²) in [5.74, 6) is 0. The molecule has 0 atom stereocenters. The fourth-order valence-corrected chi connectivity index (χ4v) is 3.85. The number of aromatic nitrogens is 2. The van der Waals surface area contributed by atoms with Crippen LogP contribution in [0, 0.1) is 0 Å². The Kier molecular flexibility index (Phi) is 4.68. The van der Waals surface area contributed by atoms with E-state index in [0.29, 0.717) is 0 Å². The zero-order chi connectivity index (χ0) is 12.1. The van der Waals surface area contributed by atoms with Crippen LogP contribution in [0.5, 0.6) is 0 Å². The van der Waals surface area contributed by atoms with Crippen molar-refractivity contribution < 1.29 is 9.13 Å². The summed E-state index contributed by atoms with van der Waals surface area (Å²) in [6.07, 6.45) is 8.11. The van der Waals surface area contributed by atoms with Crippen LogP contribution in [0.15, 0.2) is 23.2 Å². The summed E-state index contributed by atoms with van der Waals surface area (Å²) in [4.78, 5) is 0. The van der Waals surface area contributed by atoms with Gasteiger partial charge in [-0.2, -0.15) is 9.13 Å². The van der Waals surface area contributed by atoms with E-state index in [4.69, 9.17) is 0 Å². The maximum Gasteiger partial charge on any atom is 0.345 e. The van der Waals surface area contributed by atoms with Crippen LogP contribution in [0.4, 0.5) is 0 Å². The Morgan fingerprint density at radius 2 is 1.47 bits per heavy atom. The minimum Gasteiger partial charge on any atom is -0.183 e. The monoisotopic (exact) mass is 268 g/mol. The Morgan fingerprint density at radius 1 is 0.882 bits per heavy atom. The second-order valence-electron chi connectivity index (χ2n) is 4.16. The normalized spacial score (nSPS) is 10.9. The van der Waals surface area contributed by atoms with Crippen LogP contribution in [-0.2, 0) is 13.1 Å². The van der Waals surface area contributed by atoms with Crippen LogP contribution in [0.3, 0.4) is 0 Å². The lowest BCUT2D eigenvalue weighted by molar-refractivity contribution is -0.709. The Hall–Kier alpha value is -0.740. The summed E-state index contributed by atoms with van der Waals surface area (Å²) in [5.41, 5.74) is 0. The summed E-state index contributed by atoms with van der Waals surface area (Å²) in [6, 6.07) is 0. The lowest BCUT2D eigenvalue weighted by atomic mass is 10.3. The van der Waals surface area contributed by atoms with E-state index in [9.17, 15) is 0 Å². The molecule has 0 saturated heterocycles. The number of thiazole rings is 2. The molecule has 0 saturated carbocycles. The van der Waals surface area contributed by atoms with E-state index in [2.05, 4.69) is 46.1 Å². The van der Waals surface area contributed by atoms with Crippen molar-refractivity contribution in [1.29, 1.82) is 0 Å². The Morgan fingerprint density at radius 3 is 2.00 bits per heavy atom. The van der Waals surface area contributed by atoms with Gasteiger partial charge in [-0.25, -0.2) is 0 Å². The maximum absolute atomic E-state index is 2.40. The SMILES string of the molecule is CCCC[n+]1ccsc1-c1scc[n+]1CCC. The van der Waals surface area contributed by atoms with Crippen molar-refractivity contribution in [1.82, 2.24) is 0 Å². The molecule has 0 aromatic carbocycles. The summed E-state index contributed by atoms with van der Waals surface area (Å²) in [7, 11) is 0. The molecular formula is C13H20N2S2+2. The molecule has 2 aromatic rings. The van der Waals surface area contributed by atoms with E-state index in [-0.39, 0.29) is 0 Å². The average Bonchev–Trinajstić information content (AvgIpc) is 2.94. The Balaban J connectivity index is 2.26. The average molecular weight is 268 g/mol. The van der Waals surface area contributed by atoms with E-state index in [0.717, 1.165) is 13.1 Å². The van der Waals surface area contributed by atoms with Gasteiger partial charge in [-0.3, -0.25) is 0 Å². The van der Waals surface area contributed by atoms with Crippen molar-refractivity contribution in [2.24, 2.45) is 0 Å². The Labute approximate surface area is 111 Å². The number of nitrogens with zero attached hydrogens (tertiary/aromatic N) is 2. The van der Waals surface area contributed by atoms with Crippen molar-refractivity contribution in [2.45, 2.75) is 46.2 Å². The third-order valence-corrected chi connectivity index (χ3v) is 4.71. The van der Waals surface area contributed by atoms with Crippen molar-refractivity contribution in [3.8, 4) is 10.0 Å². The quantitative estimate of drug-likeness (QED) is 0.711. The summed E-state index contributed by atoms with van der Waals surface area (Å²) in [6.45, 7) is 6.73. The second-order valence-corrected chi connectivity index (χ2v) is 5.95. The molecule has 0 N–H and O–H groups in total. The highest BCUT2D eigenvalue weighted by atomic mass is 32.1. The minimum atomic E-state index is 1.12. The lowest BCUT2D eigenvalue weighted by Gasteiger charge is -1.95. The van der Waals surface area contributed by atoms with E-state index in [1.807, 2.05) is 22.7 Å². The first-order chi connectivity index (χ1) is 8.36. The van der Waals surface area contributed by atoms with Gasteiger partial charge in [0.2, 0.25) is 0 Å². The molecule has 2 nitrogen and oxygen atoms in total. The maximum atomic E-state index is 2.40. The molecule has 0 radical (unpaired) electrons. The predicted molar refractivity (Wildman–Crippen MR) is 73.2 cm³/mol. The van der Waals surface area contributed by atoms with Crippen LogP contribution < -0.4 is 9.13 Å². The lowest BCUT2D eigenvalue weighted by Crippen LogP contribution is -2.39. The van der Waals surface area contributed by atoms with Gasteiger partial charge in [0.05, 0.1) is 10.8 Å². The molecule has 0 amide bonds.